The Balaban J connectivity index is 2.29. The van der Waals surface area contributed by atoms with E-state index in [1.807, 2.05) is 4.90 Å². The van der Waals surface area contributed by atoms with E-state index in [9.17, 15) is 4.79 Å². The van der Waals surface area contributed by atoms with Gasteiger partial charge in [0.2, 0.25) is 5.91 Å². The first-order chi connectivity index (χ1) is 5.74. The second-order valence-electron chi connectivity index (χ2n) is 3.50. The maximum absolute atomic E-state index is 11.3. The molecule has 0 atom stereocenters. The Morgan fingerprint density at radius 3 is 2.58 bits per heavy atom. The first kappa shape index (κ1) is 9.52. The van der Waals surface area contributed by atoms with Crippen LogP contribution in [0.3, 0.4) is 0 Å². The molecule has 1 saturated heterocycles. The zero-order valence-corrected chi connectivity index (χ0v) is 7.88. The van der Waals surface area contributed by atoms with Crippen LogP contribution in [0.4, 0.5) is 0 Å². The molecule has 0 bridgehead atoms. The van der Waals surface area contributed by atoms with E-state index in [1.54, 1.807) is 7.11 Å². The molecule has 0 aromatic carbocycles. The molecule has 0 N–H and O–H groups in total. The third-order valence-corrected chi connectivity index (χ3v) is 2.40. The van der Waals surface area contributed by atoms with Crippen molar-refractivity contribution in [3.63, 3.8) is 0 Å². The number of amides is 1. The van der Waals surface area contributed by atoms with Gasteiger partial charge in [-0.3, -0.25) is 4.79 Å². The molecule has 1 aliphatic rings. The Bertz CT molecular complexity index is 151. The number of carbonyl (C=O) groups excluding carboxylic acids is 1. The van der Waals surface area contributed by atoms with Gasteiger partial charge in [0.05, 0.1) is 0 Å². The highest BCUT2D eigenvalue weighted by atomic mass is 16.5. The van der Waals surface area contributed by atoms with Crippen molar-refractivity contribution in [2.75, 3.05) is 26.8 Å². The number of nitrogens with zero attached hydrogens (tertiary/aromatic N) is 1. The lowest BCUT2D eigenvalue weighted by Crippen LogP contribution is -2.39. The minimum absolute atomic E-state index is 0.129. The quantitative estimate of drug-likeness (QED) is 0.617. The van der Waals surface area contributed by atoms with Gasteiger partial charge in [0.1, 0.15) is 6.61 Å². The van der Waals surface area contributed by atoms with E-state index < -0.39 is 0 Å². The largest absolute Gasteiger partial charge is 0.375 e. The van der Waals surface area contributed by atoms with Crippen LogP contribution in [-0.2, 0) is 9.53 Å². The Morgan fingerprint density at radius 1 is 1.50 bits per heavy atom. The molecule has 0 saturated carbocycles. The summed E-state index contributed by atoms with van der Waals surface area (Å²) in [5.41, 5.74) is 0. The van der Waals surface area contributed by atoms with Gasteiger partial charge in [-0.2, -0.15) is 0 Å². The van der Waals surface area contributed by atoms with E-state index in [4.69, 9.17) is 4.74 Å². The van der Waals surface area contributed by atoms with Crippen molar-refractivity contribution >= 4 is 5.91 Å². The molecule has 12 heavy (non-hydrogen) atoms. The van der Waals surface area contributed by atoms with Gasteiger partial charge < -0.3 is 9.64 Å². The minimum Gasteiger partial charge on any atom is -0.375 e. The third-order valence-electron chi connectivity index (χ3n) is 2.40. The Morgan fingerprint density at radius 2 is 2.08 bits per heavy atom. The monoisotopic (exact) mass is 171 g/mol. The van der Waals surface area contributed by atoms with E-state index in [2.05, 4.69) is 6.92 Å². The summed E-state index contributed by atoms with van der Waals surface area (Å²) >= 11 is 0. The number of piperidine rings is 1. The minimum atomic E-state index is 0.129. The lowest BCUT2D eigenvalue weighted by Gasteiger charge is -2.30. The normalized spacial score (nSPS) is 19.7. The Kier molecular flexibility index (Phi) is 3.53. The maximum Gasteiger partial charge on any atom is 0.248 e. The fraction of sp³-hybridized carbons (Fsp3) is 0.889. The number of hydrogen-bond donors (Lipinski definition) is 0. The highest BCUT2D eigenvalue weighted by molar-refractivity contribution is 5.77. The fourth-order valence-electron chi connectivity index (χ4n) is 1.47. The van der Waals surface area contributed by atoms with Gasteiger partial charge in [-0.25, -0.2) is 0 Å². The van der Waals surface area contributed by atoms with Gasteiger partial charge in [-0.05, 0) is 18.8 Å². The molecule has 1 aliphatic heterocycles. The van der Waals surface area contributed by atoms with E-state index in [1.165, 1.54) is 0 Å². The molecular formula is C9H17NO2. The third kappa shape index (κ3) is 2.48. The van der Waals surface area contributed by atoms with Crippen molar-refractivity contribution < 1.29 is 9.53 Å². The maximum atomic E-state index is 11.3. The molecular weight excluding hydrogens is 154 g/mol. The molecule has 0 aliphatic carbocycles. The summed E-state index contributed by atoms with van der Waals surface area (Å²) < 4.78 is 4.79. The van der Waals surface area contributed by atoms with Crippen LogP contribution in [0.25, 0.3) is 0 Å². The molecule has 3 nitrogen and oxygen atoms in total. The Labute approximate surface area is 73.7 Å². The van der Waals surface area contributed by atoms with Crippen LogP contribution in [-0.4, -0.2) is 37.6 Å². The van der Waals surface area contributed by atoms with Crippen LogP contribution in [0.5, 0.6) is 0 Å². The molecule has 1 amide bonds. The lowest BCUT2D eigenvalue weighted by molar-refractivity contribution is -0.136. The predicted molar refractivity (Wildman–Crippen MR) is 46.9 cm³/mol. The number of carbonyl (C=O) groups is 1. The van der Waals surface area contributed by atoms with Crippen molar-refractivity contribution in [3.05, 3.63) is 0 Å². The first-order valence-electron chi connectivity index (χ1n) is 4.50. The highest BCUT2D eigenvalue weighted by Crippen LogP contribution is 2.15. The fourth-order valence-corrected chi connectivity index (χ4v) is 1.47. The number of methoxy groups -OCH3 is 1. The molecule has 1 rings (SSSR count). The zero-order valence-electron chi connectivity index (χ0n) is 7.88. The average Bonchev–Trinajstić information content (AvgIpc) is 2.06. The molecule has 3 heteroatoms. The highest BCUT2D eigenvalue weighted by Gasteiger charge is 2.19. The lowest BCUT2D eigenvalue weighted by atomic mass is 9.99. The number of ether oxygens (including phenoxy) is 1. The average molecular weight is 171 g/mol. The van der Waals surface area contributed by atoms with Gasteiger partial charge in [0.25, 0.3) is 0 Å². The number of rotatable bonds is 2. The first-order valence-corrected chi connectivity index (χ1v) is 4.50. The zero-order chi connectivity index (χ0) is 8.97. The smallest absolute Gasteiger partial charge is 0.248 e. The second-order valence-corrected chi connectivity index (χ2v) is 3.50. The van der Waals surface area contributed by atoms with Crippen molar-refractivity contribution in [3.8, 4) is 0 Å². The summed E-state index contributed by atoms with van der Waals surface area (Å²) in [4.78, 5) is 13.2. The predicted octanol–water partition coefficient (Wildman–Crippen LogP) is 0.891. The molecule has 1 heterocycles. The van der Waals surface area contributed by atoms with Gasteiger partial charge in [-0.15, -0.1) is 0 Å². The van der Waals surface area contributed by atoms with Crippen molar-refractivity contribution in [2.24, 2.45) is 5.92 Å². The van der Waals surface area contributed by atoms with Gasteiger partial charge in [0.15, 0.2) is 0 Å². The van der Waals surface area contributed by atoms with E-state index >= 15 is 0 Å². The SMILES string of the molecule is COCC(=O)N1CCC(C)CC1. The Hall–Kier alpha value is -0.570. The van der Waals surface area contributed by atoms with E-state index in [-0.39, 0.29) is 12.5 Å². The summed E-state index contributed by atoms with van der Waals surface area (Å²) in [7, 11) is 1.56. The number of hydrogen-bond acceptors (Lipinski definition) is 2. The van der Waals surface area contributed by atoms with Crippen molar-refractivity contribution in [1.29, 1.82) is 0 Å². The summed E-state index contributed by atoms with van der Waals surface area (Å²) in [5, 5.41) is 0. The van der Waals surface area contributed by atoms with Crippen LogP contribution in [0.1, 0.15) is 19.8 Å². The molecule has 0 aromatic heterocycles. The summed E-state index contributed by atoms with van der Waals surface area (Å²) in [6.07, 6.45) is 2.27. The molecule has 0 radical (unpaired) electrons. The molecule has 0 spiro atoms. The van der Waals surface area contributed by atoms with Crippen molar-refractivity contribution in [2.45, 2.75) is 19.8 Å². The molecule has 70 valence electrons. The van der Waals surface area contributed by atoms with Gasteiger partial charge in [-0.1, -0.05) is 6.92 Å². The van der Waals surface area contributed by atoms with Crippen LogP contribution in [0.2, 0.25) is 0 Å². The molecule has 0 aromatic rings. The summed E-state index contributed by atoms with van der Waals surface area (Å²) in [6.45, 7) is 4.28. The van der Waals surface area contributed by atoms with Gasteiger partial charge >= 0.3 is 0 Å². The van der Waals surface area contributed by atoms with Crippen LogP contribution < -0.4 is 0 Å². The van der Waals surface area contributed by atoms with Gasteiger partial charge in [0, 0.05) is 20.2 Å². The topological polar surface area (TPSA) is 29.5 Å². The van der Waals surface area contributed by atoms with Crippen molar-refractivity contribution in [1.82, 2.24) is 4.90 Å². The standard InChI is InChI=1S/C9H17NO2/c1-8-3-5-10(6-4-8)9(11)7-12-2/h8H,3-7H2,1-2H3. The van der Waals surface area contributed by atoms with Crippen LogP contribution in [0, 0.1) is 5.92 Å². The summed E-state index contributed by atoms with van der Waals surface area (Å²) in [6, 6.07) is 0. The van der Waals surface area contributed by atoms with Crippen LogP contribution >= 0.6 is 0 Å². The molecule has 1 fully saturated rings. The molecule has 0 unspecified atom stereocenters. The van der Waals surface area contributed by atoms with E-state index in [0.29, 0.717) is 0 Å². The van der Waals surface area contributed by atoms with E-state index in [0.717, 1.165) is 31.8 Å². The number of likely N-dealkylation sites (tertiary alicyclic amines) is 1. The summed E-state index contributed by atoms with van der Waals surface area (Å²) in [5.74, 6) is 0.904. The van der Waals surface area contributed by atoms with Crippen LogP contribution in [0.15, 0.2) is 0 Å². The second kappa shape index (κ2) is 4.45.